The summed E-state index contributed by atoms with van der Waals surface area (Å²) in [7, 11) is 0. The lowest BCUT2D eigenvalue weighted by atomic mass is 10.0. The first-order valence-corrected chi connectivity index (χ1v) is 6.85. The van der Waals surface area contributed by atoms with Gasteiger partial charge in [-0.1, -0.05) is 55.8 Å². The molecule has 0 unspecified atom stereocenters. The summed E-state index contributed by atoms with van der Waals surface area (Å²) in [5.74, 6) is 1.55. The lowest BCUT2D eigenvalue weighted by molar-refractivity contribution is 0.304. The Morgan fingerprint density at radius 3 is 2.21 bits per heavy atom. The molecule has 100 valence electrons. The van der Waals surface area contributed by atoms with E-state index in [-0.39, 0.29) is 0 Å². The molecule has 2 aromatic rings. The van der Waals surface area contributed by atoms with Gasteiger partial charge in [0, 0.05) is 0 Å². The van der Waals surface area contributed by atoms with Crippen molar-refractivity contribution in [2.24, 2.45) is 0 Å². The van der Waals surface area contributed by atoms with Gasteiger partial charge in [-0.15, -0.1) is 0 Å². The van der Waals surface area contributed by atoms with E-state index in [0.29, 0.717) is 12.5 Å². The van der Waals surface area contributed by atoms with Crippen LogP contribution in [0.3, 0.4) is 0 Å². The number of rotatable bonds is 4. The molecule has 0 aromatic heterocycles. The van der Waals surface area contributed by atoms with Crippen molar-refractivity contribution in [1.29, 1.82) is 0 Å². The summed E-state index contributed by atoms with van der Waals surface area (Å²) >= 11 is 0. The molecule has 0 aliphatic carbocycles. The number of hydrogen-bond acceptors (Lipinski definition) is 1. The van der Waals surface area contributed by atoms with Crippen molar-refractivity contribution in [3.05, 3.63) is 64.7 Å². The average Bonchev–Trinajstić information content (AvgIpc) is 2.38. The normalized spacial score (nSPS) is 10.8. The van der Waals surface area contributed by atoms with Crippen molar-refractivity contribution in [2.75, 3.05) is 0 Å². The highest BCUT2D eigenvalue weighted by atomic mass is 16.5. The predicted molar refractivity (Wildman–Crippen MR) is 80.8 cm³/mol. The van der Waals surface area contributed by atoms with E-state index in [2.05, 4.69) is 64.1 Å². The lowest BCUT2D eigenvalue weighted by Crippen LogP contribution is -1.98. The molecule has 0 aliphatic rings. The van der Waals surface area contributed by atoms with E-state index < -0.39 is 0 Å². The number of ether oxygens (including phenoxy) is 1. The SMILES string of the molecule is Cc1ccc(OCc2ccc(C(C)C)cc2)c(C)c1. The second-order valence-corrected chi connectivity index (χ2v) is 5.45. The molecule has 0 spiro atoms. The highest BCUT2D eigenvalue weighted by molar-refractivity contribution is 5.36. The van der Waals surface area contributed by atoms with Crippen LogP contribution in [0.5, 0.6) is 5.75 Å². The summed E-state index contributed by atoms with van der Waals surface area (Å²) in [4.78, 5) is 0. The van der Waals surface area contributed by atoms with Crippen LogP contribution in [0.1, 0.15) is 42.0 Å². The fourth-order valence-electron chi connectivity index (χ4n) is 2.12. The van der Waals surface area contributed by atoms with Gasteiger partial charge in [-0.25, -0.2) is 0 Å². The topological polar surface area (TPSA) is 9.23 Å². The Hall–Kier alpha value is -1.76. The van der Waals surface area contributed by atoms with Gasteiger partial charge in [0.25, 0.3) is 0 Å². The summed E-state index contributed by atoms with van der Waals surface area (Å²) in [6, 6.07) is 15.0. The van der Waals surface area contributed by atoms with Crippen LogP contribution in [0, 0.1) is 13.8 Å². The van der Waals surface area contributed by atoms with E-state index in [1.54, 1.807) is 0 Å². The maximum Gasteiger partial charge on any atom is 0.122 e. The molecule has 2 rings (SSSR count). The van der Waals surface area contributed by atoms with E-state index in [1.807, 2.05) is 6.07 Å². The highest BCUT2D eigenvalue weighted by Gasteiger charge is 2.02. The largest absolute Gasteiger partial charge is 0.489 e. The summed E-state index contributed by atoms with van der Waals surface area (Å²) in [6.45, 7) is 9.23. The van der Waals surface area contributed by atoms with Crippen molar-refractivity contribution < 1.29 is 4.74 Å². The third-order valence-electron chi connectivity index (χ3n) is 3.37. The van der Waals surface area contributed by atoms with Crippen molar-refractivity contribution in [1.82, 2.24) is 0 Å². The Morgan fingerprint density at radius 1 is 0.947 bits per heavy atom. The molecule has 0 atom stereocenters. The summed E-state index contributed by atoms with van der Waals surface area (Å²) < 4.78 is 5.88. The Morgan fingerprint density at radius 2 is 1.63 bits per heavy atom. The van der Waals surface area contributed by atoms with E-state index >= 15 is 0 Å². The highest BCUT2D eigenvalue weighted by Crippen LogP contribution is 2.21. The van der Waals surface area contributed by atoms with Crippen LogP contribution in [0.25, 0.3) is 0 Å². The fraction of sp³-hybridized carbons (Fsp3) is 0.333. The van der Waals surface area contributed by atoms with Gasteiger partial charge in [0.2, 0.25) is 0 Å². The second kappa shape index (κ2) is 5.92. The monoisotopic (exact) mass is 254 g/mol. The Bertz CT molecular complexity index is 538. The third kappa shape index (κ3) is 3.60. The molecule has 0 radical (unpaired) electrons. The van der Waals surface area contributed by atoms with Gasteiger partial charge in [0.15, 0.2) is 0 Å². The van der Waals surface area contributed by atoms with Gasteiger partial charge in [-0.2, -0.15) is 0 Å². The fourth-order valence-corrected chi connectivity index (χ4v) is 2.12. The molecule has 0 amide bonds. The van der Waals surface area contributed by atoms with Crippen LogP contribution in [-0.4, -0.2) is 0 Å². The standard InChI is InChI=1S/C18H22O/c1-13(2)17-8-6-16(7-9-17)12-19-18-10-5-14(3)11-15(18)4/h5-11,13H,12H2,1-4H3. The van der Waals surface area contributed by atoms with Crippen LogP contribution in [-0.2, 0) is 6.61 Å². The van der Waals surface area contributed by atoms with Gasteiger partial charge in [0.1, 0.15) is 12.4 Å². The minimum atomic E-state index is 0.578. The van der Waals surface area contributed by atoms with Gasteiger partial charge in [0.05, 0.1) is 0 Å². The second-order valence-electron chi connectivity index (χ2n) is 5.45. The van der Waals surface area contributed by atoms with Crippen LogP contribution >= 0.6 is 0 Å². The smallest absolute Gasteiger partial charge is 0.122 e. The van der Waals surface area contributed by atoms with E-state index in [1.165, 1.54) is 22.3 Å². The Labute approximate surface area is 116 Å². The van der Waals surface area contributed by atoms with Crippen molar-refractivity contribution >= 4 is 0 Å². The van der Waals surface area contributed by atoms with E-state index in [0.717, 1.165) is 5.75 Å². The van der Waals surface area contributed by atoms with Crippen molar-refractivity contribution in [2.45, 2.75) is 40.2 Å². The summed E-state index contributed by atoms with van der Waals surface area (Å²) in [6.07, 6.45) is 0. The molecular formula is C18H22O. The molecule has 1 heteroatoms. The molecule has 2 aromatic carbocycles. The molecule has 0 fully saturated rings. The maximum atomic E-state index is 5.88. The van der Waals surface area contributed by atoms with Crippen LogP contribution in [0.2, 0.25) is 0 Å². The first-order valence-electron chi connectivity index (χ1n) is 6.85. The summed E-state index contributed by atoms with van der Waals surface area (Å²) in [5.41, 5.74) is 5.05. The maximum absolute atomic E-state index is 5.88. The minimum Gasteiger partial charge on any atom is -0.489 e. The zero-order valence-electron chi connectivity index (χ0n) is 12.2. The number of aryl methyl sites for hydroxylation is 2. The number of benzene rings is 2. The first kappa shape index (κ1) is 13.7. The molecule has 0 saturated heterocycles. The minimum absolute atomic E-state index is 0.578. The third-order valence-corrected chi connectivity index (χ3v) is 3.37. The van der Waals surface area contributed by atoms with E-state index in [4.69, 9.17) is 4.74 Å². The van der Waals surface area contributed by atoms with Crippen LogP contribution in [0.15, 0.2) is 42.5 Å². The van der Waals surface area contributed by atoms with Crippen molar-refractivity contribution in [3.8, 4) is 5.75 Å². The van der Waals surface area contributed by atoms with E-state index in [9.17, 15) is 0 Å². The molecule has 0 aliphatic heterocycles. The Balaban J connectivity index is 2.02. The molecule has 1 nitrogen and oxygen atoms in total. The molecule has 0 saturated carbocycles. The average molecular weight is 254 g/mol. The van der Waals surface area contributed by atoms with Gasteiger partial charge >= 0.3 is 0 Å². The quantitative estimate of drug-likeness (QED) is 0.745. The molecule has 0 heterocycles. The molecule has 19 heavy (non-hydrogen) atoms. The van der Waals surface area contributed by atoms with Gasteiger partial charge in [-0.3, -0.25) is 0 Å². The van der Waals surface area contributed by atoms with Gasteiger partial charge < -0.3 is 4.74 Å². The zero-order valence-corrected chi connectivity index (χ0v) is 12.2. The van der Waals surface area contributed by atoms with Crippen LogP contribution in [0.4, 0.5) is 0 Å². The molecule has 0 N–H and O–H groups in total. The van der Waals surface area contributed by atoms with Crippen molar-refractivity contribution in [3.63, 3.8) is 0 Å². The summed E-state index contributed by atoms with van der Waals surface area (Å²) in [5, 5.41) is 0. The lowest BCUT2D eigenvalue weighted by Gasteiger charge is -2.11. The Kier molecular flexibility index (Phi) is 4.26. The van der Waals surface area contributed by atoms with Crippen LogP contribution < -0.4 is 4.74 Å². The van der Waals surface area contributed by atoms with Gasteiger partial charge in [-0.05, 0) is 42.5 Å². The predicted octanol–water partition coefficient (Wildman–Crippen LogP) is 5.01. The first-order chi connectivity index (χ1) is 9.06. The zero-order chi connectivity index (χ0) is 13.8. The number of hydrogen-bond donors (Lipinski definition) is 0. The molecular weight excluding hydrogens is 232 g/mol. The molecule has 0 bridgehead atoms.